The number of hydrogen-bond donors (Lipinski definition) is 0. The molecule has 78 valence electrons. The maximum atomic E-state index is 13.1. The summed E-state index contributed by atoms with van der Waals surface area (Å²) in [7, 11) is 0. The zero-order valence-electron chi connectivity index (χ0n) is 8.02. The van der Waals surface area contributed by atoms with Crippen LogP contribution in [-0.4, -0.2) is 4.98 Å². The Hall–Kier alpha value is -0.670. The number of fused-ring (bicyclic) bond motifs is 1. The Balaban J connectivity index is 2.81. The fourth-order valence-corrected chi connectivity index (χ4v) is 2.29. The molecule has 1 aromatic carbocycles. The van der Waals surface area contributed by atoms with E-state index in [0.29, 0.717) is 15.1 Å². The Morgan fingerprint density at radius 2 is 2.13 bits per heavy atom. The minimum atomic E-state index is -0.277. The van der Waals surface area contributed by atoms with Crippen LogP contribution in [0.2, 0.25) is 5.15 Å². The van der Waals surface area contributed by atoms with E-state index < -0.39 is 0 Å². The second kappa shape index (κ2) is 4.06. The molecule has 4 heteroatoms. The summed E-state index contributed by atoms with van der Waals surface area (Å²) in [6.07, 6.45) is 0.788. The SMILES string of the molecule is CCc1cc2cc(F)cc(Br)c2nc1Cl. The number of pyridine rings is 1. The van der Waals surface area contributed by atoms with Crippen LogP contribution in [0, 0.1) is 5.82 Å². The first kappa shape index (κ1) is 10.8. The van der Waals surface area contributed by atoms with E-state index in [1.807, 2.05) is 13.0 Å². The van der Waals surface area contributed by atoms with Crippen LogP contribution in [0.5, 0.6) is 0 Å². The van der Waals surface area contributed by atoms with E-state index >= 15 is 0 Å². The molecule has 0 amide bonds. The van der Waals surface area contributed by atoms with Gasteiger partial charge in [-0.05, 0) is 46.1 Å². The van der Waals surface area contributed by atoms with Gasteiger partial charge in [0.25, 0.3) is 0 Å². The van der Waals surface area contributed by atoms with Gasteiger partial charge < -0.3 is 0 Å². The highest BCUT2D eigenvalue weighted by molar-refractivity contribution is 9.10. The Bertz CT molecular complexity index is 527. The molecule has 1 heterocycles. The lowest BCUT2D eigenvalue weighted by molar-refractivity contribution is 0.629. The summed E-state index contributed by atoms with van der Waals surface area (Å²) in [6.45, 7) is 1.99. The van der Waals surface area contributed by atoms with Crippen LogP contribution in [0.25, 0.3) is 10.9 Å². The number of halogens is 3. The van der Waals surface area contributed by atoms with Crippen molar-refractivity contribution < 1.29 is 4.39 Å². The zero-order valence-corrected chi connectivity index (χ0v) is 10.4. The van der Waals surface area contributed by atoms with Gasteiger partial charge >= 0.3 is 0 Å². The predicted octanol–water partition coefficient (Wildman–Crippen LogP) is 4.35. The summed E-state index contributed by atoms with van der Waals surface area (Å²) in [5.74, 6) is -0.277. The Morgan fingerprint density at radius 3 is 2.80 bits per heavy atom. The first-order chi connectivity index (χ1) is 7.11. The molecule has 0 aliphatic rings. The van der Waals surface area contributed by atoms with E-state index in [2.05, 4.69) is 20.9 Å². The molecule has 0 aliphatic heterocycles. The third-order valence-electron chi connectivity index (χ3n) is 2.24. The Labute approximate surface area is 100 Å². The van der Waals surface area contributed by atoms with Gasteiger partial charge in [0.05, 0.1) is 5.52 Å². The smallest absolute Gasteiger partial charge is 0.133 e. The highest BCUT2D eigenvalue weighted by atomic mass is 79.9. The molecule has 0 N–H and O–H groups in total. The van der Waals surface area contributed by atoms with Gasteiger partial charge in [-0.15, -0.1) is 0 Å². The fourth-order valence-electron chi connectivity index (χ4n) is 1.48. The van der Waals surface area contributed by atoms with E-state index in [4.69, 9.17) is 11.6 Å². The summed E-state index contributed by atoms with van der Waals surface area (Å²) < 4.78 is 13.8. The number of aromatic nitrogens is 1. The Kier molecular flexibility index (Phi) is 2.94. The molecule has 0 radical (unpaired) electrons. The van der Waals surface area contributed by atoms with Crippen LogP contribution < -0.4 is 0 Å². The normalized spacial score (nSPS) is 10.9. The van der Waals surface area contributed by atoms with Gasteiger partial charge in [-0.1, -0.05) is 18.5 Å². The molecule has 1 aromatic heterocycles. The van der Waals surface area contributed by atoms with E-state index in [0.717, 1.165) is 17.4 Å². The number of hydrogen-bond acceptors (Lipinski definition) is 1. The van der Waals surface area contributed by atoms with Crippen molar-refractivity contribution in [3.63, 3.8) is 0 Å². The monoisotopic (exact) mass is 287 g/mol. The molecular formula is C11H8BrClFN. The molecule has 0 aliphatic carbocycles. The Morgan fingerprint density at radius 1 is 1.40 bits per heavy atom. The lowest BCUT2D eigenvalue weighted by Gasteiger charge is -2.05. The van der Waals surface area contributed by atoms with Gasteiger partial charge in [0, 0.05) is 9.86 Å². The standard InChI is InChI=1S/C11H8BrClFN/c1-2-6-3-7-4-8(14)5-9(12)10(7)15-11(6)13/h3-5H,2H2,1H3. The lowest BCUT2D eigenvalue weighted by atomic mass is 10.1. The van der Waals surface area contributed by atoms with E-state index in [1.165, 1.54) is 12.1 Å². The fraction of sp³-hybridized carbons (Fsp3) is 0.182. The van der Waals surface area contributed by atoms with Gasteiger partial charge in [-0.25, -0.2) is 9.37 Å². The highest BCUT2D eigenvalue weighted by Crippen LogP contribution is 2.27. The van der Waals surface area contributed by atoms with Gasteiger partial charge in [-0.3, -0.25) is 0 Å². The van der Waals surface area contributed by atoms with Crippen molar-refractivity contribution in [2.45, 2.75) is 13.3 Å². The van der Waals surface area contributed by atoms with Crippen molar-refractivity contribution in [1.82, 2.24) is 4.98 Å². The largest absolute Gasteiger partial charge is 0.235 e. The van der Waals surface area contributed by atoms with Crippen LogP contribution in [0.1, 0.15) is 12.5 Å². The minimum absolute atomic E-state index is 0.277. The zero-order chi connectivity index (χ0) is 11.0. The maximum absolute atomic E-state index is 13.1. The second-order valence-corrected chi connectivity index (χ2v) is 4.46. The molecule has 2 aromatic rings. The van der Waals surface area contributed by atoms with Gasteiger partial charge in [0.2, 0.25) is 0 Å². The topological polar surface area (TPSA) is 12.9 Å². The second-order valence-electron chi connectivity index (χ2n) is 3.25. The van der Waals surface area contributed by atoms with Crippen LogP contribution >= 0.6 is 27.5 Å². The van der Waals surface area contributed by atoms with Crippen molar-refractivity contribution >= 4 is 38.4 Å². The third kappa shape index (κ3) is 1.99. The molecule has 0 unspecified atom stereocenters. The van der Waals surface area contributed by atoms with Crippen molar-refractivity contribution in [2.24, 2.45) is 0 Å². The molecule has 15 heavy (non-hydrogen) atoms. The first-order valence-corrected chi connectivity index (χ1v) is 5.73. The van der Waals surface area contributed by atoms with E-state index in [-0.39, 0.29) is 5.82 Å². The minimum Gasteiger partial charge on any atom is -0.235 e. The molecule has 0 atom stereocenters. The van der Waals surface area contributed by atoms with Gasteiger partial charge in [0.1, 0.15) is 11.0 Å². The van der Waals surface area contributed by atoms with E-state index in [1.54, 1.807) is 0 Å². The number of rotatable bonds is 1. The van der Waals surface area contributed by atoms with E-state index in [9.17, 15) is 4.39 Å². The maximum Gasteiger partial charge on any atom is 0.133 e. The summed E-state index contributed by atoms with van der Waals surface area (Å²) >= 11 is 9.26. The van der Waals surface area contributed by atoms with Gasteiger partial charge in [0.15, 0.2) is 0 Å². The molecular weight excluding hydrogens is 280 g/mol. The quantitative estimate of drug-likeness (QED) is 0.711. The molecule has 1 nitrogen and oxygen atoms in total. The van der Waals surface area contributed by atoms with Crippen LogP contribution in [-0.2, 0) is 6.42 Å². The predicted molar refractivity (Wildman–Crippen MR) is 63.8 cm³/mol. The lowest BCUT2D eigenvalue weighted by Crippen LogP contribution is -1.90. The molecule has 0 fully saturated rings. The average Bonchev–Trinajstić information content (AvgIpc) is 2.18. The molecule has 2 rings (SSSR count). The van der Waals surface area contributed by atoms with Crippen LogP contribution in [0.3, 0.4) is 0 Å². The van der Waals surface area contributed by atoms with Crippen molar-refractivity contribution in [1.29, 1.82) is 0 Å². The molecule has 0 spiro atoms. The first-order valence-electron chi connectivity index (χ1n) is 4.56. The van der Waals surface area contributed by atoms with Crippen molar-refractivity contribution in [3.05, 3.63) is 39.2 Å². The molecule has 0 saturated carbocycles. The highest BCUT2D eigenvalue weighted by Gasteiger charge is 2.07. The molecule has 0 bridgehead atoms. The van der Waals surface area contributed by atoms with Crippen LogP contribution in [0.4, 0.5) is 4.39 Å². The third-order valence-corrected chi connectivity index (χ3v) is 3.17. The van der Waals surface area contributed by atoms with Crippen LogP contribution in [0.15, 0.2) is 22.7 Å². The molecule has 0 saturated heterocycles. The number of benzene rings is 1. The van der Waals surface area contributed by atoms with Gasteiger partial charge in [-0.2, -0.15) is 0 Å². The average molecular weight is 289 g/mol. The van der Waals surface area contributed by atoms with Crippen molar-refractivity contribution in [3.8, 4) is 0 Å². The number of aryl methyl sites for hydroxylation is 1. The summed E-state index contributed by atoms with van der Waals surface area (Å²) in [6, 6.07) is 4.72. The summed E-state index contributed by atoms with van der Waals surface area (Å²) in [5, 5.41) is 1.25. The number of nitrogens with zero attached hydrogens (tertiary/aromatic N) is 1. The summed E-state index contributed by atoms with van der Waals surface area (Å²) in [4.78, 5) is 4.24. The van der Waals surface area contributed by atoms with Crippen molar-refractivity contribution in [2.75, 3.05) is 0 Å². The summed E-state index contributed by atoms with van der Waals surface area (Å²) in [5.41, 5.74) is 1.63.